The van der Waals surface area contributed by atoms with Crippen molar-refractivity contribution in [3.63, 3.8) is 0 Å². The third-order valence-electron chi connectivity index (χ3n) is 3.32. The van der Waals surface area contributed by atoms with Gasteiger partial charge in [-0.3, -0.25) is 0 Å². The molecule has 58 valence electrons. The van der Waals surface area contributed by atoms with E-state index in [9.17, 15) is 5.21 Å². The molecule has 2 fully saturated rings. The Morgan fingerprint density at radius 3 is 2.80 bits per heavy atom. The van der Waals surface area contributed by atoms with E-state index < -0.39 is 0 Å². The molecule has 0 aromatic rings. The summed E-state index contributed by atoms with van der Waals surface area (Å²) in [6, 6.07) is 0. The summed E-state index contributed by atoms with van der Waals surface area (Å²) in [6.45, 7) is 3.10. The van der Waals surface area contributed by atoms with Crippen molar-refractivity contribution in [1.82, 2.24) is 5.06 Å². The molecule has 0 radical (unpaired) electrons. The summed E-state index contributed by atoms with van der Waals surface area (Å²) in [5, 5.41) is 11.1. The van der Waals surface area contributed by atoms with E-state index in [4.69, 9.17) is 0 Å². The fourth-order valence-electron chi connectivity index (χ4n) is 2.55. The number of rotatable bonds is 1. The summed E-state index contributed by atoms with van der Waals surface area (Å²) in [5.74, 6) is 0.796. The van der Waals surface area contributed by atoms with Crippen molar-refractivity contribution in [2.45, 2.75) is 38.1 Å². The molecule has 1 saturated carbocycles. The Balaban J connectivity index is 2.19. The molecule has 0 spiro atoms. The standard InChI is InChI=1S/C8H15NO/c1-2-8-4-3-7(5-8)6-9(8)10/h7,10H,2-6H2,1H3. The van der Waals surface area contributed by atoms with Crippen molar-refractivity contribution in [1.29, 1.82) is 0 Å². The number of hydroxylamine groups is 2. The van der Waals surface area contributed by atoms with Gasteiger partial charge in [0, 0.05) is 12.1 Å². The molecule has 2 atom stereocenters. The van der Waals surface area contributed by atoms with Crippen LogP contribution in [0.2, 0.25) is 0 Å². The van der Waals surface area contributed by atoms with Gasteiger partial charge in [-0.05, 0) is 31.6 Å². The monoisotopic (exact) mass is 141 g/mol. The predicted octanol–water partition coefficient (Wildman–Crippen LogP) is 1.64. The number of hydrogen-bond acceptors (Lipinski definition) is 2. The molecule has 0 aromatic heterocycles. The molecule has 0 aromatic carbocycles. The normalized spacial score (nSPS) is 46.8. The number of fused-ring (bicyclic) bond motifs is 2. The highest BCUT2D eigenvalue weighted by atomic mass is 16.5. The van der Waals surface area contributed by atoms with E-state index in [1.54, 1.807) is 5.06 Å². The van der Waals surface area contributed by atoms with Gasteiger partial charge in [-0.1, -0.05) is 6.92 Å². The van der Waals surface area contributed by atoms with Crippen LogP contribution < -0.4 is 0 Å². The molecule has 1 saturated heterocycles. The van der Waals surface area contributed by atoms with Crippen LogP contribution in [-0.2, 0) is 0 Å². The highest BCUT2D eigenvalue weighted by Gasteiger charge is 2.48. The molecule has 2 bridgehead atoms. The predicted molar refractivity (Wildman–Crippen MR) is 38.9 cm³/mol. The first kappa shape index (κ1) is 6.62. The van der Waals surface area contributed by atoms with Crippen molar-refractivity contribution in [2.75, 3.05) is 6.54 Å². The van der Waals surface area contributed by atoms with Crippen LogP contribution in [0.1, 0.15) is 32.6 Å². The van der Waals surface area contributed by atoms with Crippen LogP contribution in [0, 0.1) is 5.92 Å². The Hall–Kier alpha value is -0.0800. The topological polar surface area (TPSA) is 23.5 Å². The molecule has 1 N–H and O–H groups in total. The minimum absolute atomic E-state index is 0.199. The Morgan fingerprint density at radius 1 is 1.70 bits per heavy atom. The molecule has 2 aliphatic rings. The lowest BCUT2D eigenvalue weighted by Gasteiger charge is -2.32. The number of piperidine rings is 1. The minimum atomic E-state index is 0.199. The van der Waals surface area contributed by atoms with Crippen molar-refractivity contribution in [3.05, 3.63) is 0 Å². The van der Waals surface area contributed by atoms with Gasteiger partial charge in [0.2, 0.25) is 0 Å². The van der Waals surface area contributed by atoms with E-state index in [0.29, 0.717) is 0 Å². The Morgan fingerprint density at radius 2 is 2.50 bits per heavy atom. The first-order valence-corrected chi connectivity index (χ1v) is 4.23. The van der Waals surface area contributed by atoms with Crippen molar-refractivity contribution < 1.29 is 5.21 Å². The maximum Gasteiger partial charge on any atom is 0.0461 e. The van der Waals surface area contributed by atoms with E-state index >= 15 is 0 Å². The summed E-state index contributed by atoms with van der Waals surface area (Å²) in [7, 11) is 0. The van der Waals surface area contributed by atoms with E-state index in [1.165, 1.54) is 19.3 Å². The zero-order valence-electron chi connectivity index (χ0n) is 6.51. The minimum Gasteiger partial charge on any atom is -0.313 e. The third-order valence-corrected chi connectivity index (χ3v) is 3.32. The third kappa shape index (κ3) is 0.663. The Kier molecular flexibility index (Phi) is 1.29. The molecule has 0 amide bonds. The molecule has 2 unspecified atom stereocenters. The fourth-order valence-corrected chi connectivity index (χ4v) is 2.55. The average molecular weight is 141 g/mol. The number of hydrogen-bond donors (Lipinski definition) is 1. The SMILES string of the molecule is CCC12CCC(CN1O)C2. The van der Waals surface area contributed by atoms with E-state index in [0.717, 1.165) is 18.9 Å². The lowest BCUT2D eigenvalue weighted by Crippen LogP contribution is -2.41. The lowest BCUT2D eigenvalue weighted by molar-refractivity contribution is -0.160. The van der Waals surface area contributed by atoms with Gasteiger partial charge in [0.1, 0.15) is 0 Å². The molecule has 2 heteroatoms. The second kappa shape index (κ2) is 1.95. The van der Waals surface area contributed by atoms with Gasteiger partial charge in [-0.2, -0.15) is 5.06 Å². The van der Waals surface area contributed by atoms with Gasteiger partial charge in [0.05, 0.1) is 0 Å². The molecular weight excluding hydrogens is 126 g/mol. The van der Waals surface area contributed by atoms with E-state index in [2.05, 4.69) is 6.92 Å². The lowest BCUT2D eigenvalue weighted by atomic mass is 9.96. The van der Waals surface area contributed by atoms with E-state index in [-0.39, 0.29) is 5.54 Å². The van der Waals surface area contributed by atoms with Crippen LogP contribution >= 0.6 is 0 Å². The maximum absolute atomic E-state index is 9.50. The summed E-state index contributed by atoms with van der Waals surface area (Å²) in [4.78, 5) is 0. The summed E-state index contributed by atoms with van der Waals surface area (Å²) < 4.78 is 0. The summed E-state index contributed by atoms with van der Waals surface area (Å²) >= 11 is 0. The highest BCUT2D eigenvalue weighted by Crippen LogP contribution is 2.46. The first-order valence-electron chi connectivity index (χ1n) is 4.23. The Bertz CT molecular complexity index is 148. The molecular formula is C8H15NO. The summed E-state index contributed by atoms with van der Waals surface area (Å²) in [6.07, 6.45) is 4.90. The zero-order chi connectivity index (χ0) is 7.19. The quantitative estimate of drug-likeness (QED) is 0.600. The average Bonchev–Trinajstić information content (AvgIpc) is 2.44. The second-order valence-corrected chi connectivity index (χ2v) is 3.77. The van der Waals surface area contributed by atoms with Gasteiger partial charge in [-0.15, -0.1) is 0 Å². The van der Waals surface area contributed by atoms with Crippen molar-refractivity contribution in [2.24, 2.45) is 5.92 Å². The van der Waals surface area contributed by atoms with Gasteiger partial charge in [-0.25, -0.2) is 0 Å². The van der Waals surface area contributed by atoms with Gasteiger partial charge >= 0.3 is 0 Å². The highest BCUT2D eigenvalue weighted by molar-refractivity contribution is 5.00. The maximum atomic E-state index is 9.50. The van der Waals surface area contributed by atoms with E-state index in [1.807, 2.05) is 0 Å². The van der Waals surface area contributed by atoms with Crippen molar-refractivity contribution >= 4 is 0 Å². The van der Waals surface area contributed by atoms with Crippen LogP contribution in [-0.4, -0.2) is 22.4 Å². The zero-order valence-corrected chi connectivity index (χ0v) is 6.51. The first-order chi connectivity index (χ1) is 4.77. The van der Waals surface area contributed by atoms with Gasteiger partial charge in [0.15, 0.2) is 0 Å². The van der Waals surface area contributed by atoms with Gasteiger partial charge in [0.25, 0.3) is 0 Å². The van der Waals surface area contributed by atoms with Crippen molar-refractivity contribution in [3.8, 4) is 0 Å². The molecule has 10 heavy (non-hydrogen) atoms. The van der Waals surface area contributed by atoms with Crippen LogP contribution in [0.4, 0.5) is 0 Å². The van der Waals surface area contributed by atoms with Crippen LogP contribution in [0.5, 0.6) is 0 Å². The van der Waals surface area contributed by atoms with Crippen LogP contribution in [0.15, 0.2) is 0 Å². The Labute approximate surface area is 61.8 Å². The number of nitrogens with zero attached hydrogens (tertiary/aromatic N) is 1. The molecule has 1 aliphatic heterocycles. The van der Waals surface area contributed by atoms with Gasteiger partial charge < -0.3 is 5.21 Å². The van der Waals surface area contributed by atoms with Crippen LogP contribution in [0.3, 0.4) is 0 Å². The smallest absolute Gasteiger partial charge is 0.0461 e. The molecule has 1 aliphatic carbocycles. The fraction of sp³-hybridized carbons (Fsp3) is 1.00. The molecule has 1 heterocycles. The molecule has 2 rings (SSSR count). The van der Waals surface area contributed by atoms with Crippen LogP contribution in [0.25, 0.3) is 0 Å². The largest absolute Gasteiger partial charge is 0.313 e. The summed E-state index contributed by atoms with van der Waals surface area (Å²) in [5.41, 5.74) is 0.199. The second-order valence-electron chi connectivity index (χ2n) is 3.77. The molecule has 2 nitrogen and oxygen atoms in total.